The molecule has 1 fully saturated rings. The highest BCUT2D eigenvalue weighted by atomic mass is 19.1. The molecule has 2 aliphatic heterocycles. The van der Waals surface area contributed by atoms with Gasteiger partial charge in [-0.3, -0.25) is 4.90 Å². The average molecular weight is 397 g/mol. The molecule has 1 saturated heterocycles. The minimum absolute atomic E-state index is 0.0159. The van der Waals surface area contributed by atoms with Crippen molar-refractivity contribution in [3.8, 4) is 0 Å². The summed E-state index contributed by atoms with van der Waals surface area (Å²) in [4.78, 5) is 8.62. The van der Waals surface area contributed by atoms with E-state index in [2.05, 4.69) is 55.5 Å². The number of hydrogen-bond donors (Lipinski definition) is 0. The molecule has 4 rings (SSSR count). The predicted octanol–water partition coefficient (Wildman–Crippen LogP) is 4.15. The first kappa shape index (κ1) is 20.0. The Morgan fingerprint density at radius 1 is 1.17 bits per heavy atom. The van der Waals surface area contributed by atoms with Crippen LogP contribution < -0.4 is 0 Å². The van der Waals surface area contributed by atoms with Crippen LogP contribution in [0, 0.1) is 5.95 Å². The molecule has 0 N–H and O–H groups in total. The standard InChI is InChI=1S/C22H29FN6/c1-28-12-14-29(15-13-28)22(18-10-11-20(23)24-16-18)21-19(25-27-26-21)9-5-8-17-6-3-2-4-7-17/h3,6-7,10-11,16,19,22H,2,4-5,8-9,12-15H2,1H3. The fourth-order valence-corrected chi connectivity index (χ4v) is 4.26. The number of rotatable bonds is 7. The Hall–Kier alpha value is -2.25. The third kappa shape index (κ3) is 5.03. The first-order valence-corrected chi connectivity index (χ1v) is 10.6. The summed E-state index contributed by atoms with van der Waals surface area (Å²) in [5.74, 6) is -0.459. The molecule has 0 radical (unpaired) electrons. The zero-order chi connectivity index (χ0) is 20.1. The van der Waals surface area contributed by atoms with E-state index in [1.807, 2.05) is 6.07 Å². The second-order valence-electron chi connectivity index (χ2n) is 8.05. The van der Waals surface area contributed by atoms with Crippen molar-refractivity contribution < 1.29 is 4.39 Å². The van der Waals surface area contributed by atoms with Gasteiger partial charge in [-0.2, -0.15) is 9.50 Å². The number of nitrogens with zero attached hydrogens (tertiary/aromatic N) is 6. The Labute approximate surface area is 171 Å². The number of hydrogen-bond acceptors (Lipinski definition) is 6. The zero-order valence-electron chi connectivity index (χ0n) is 17.0. The number of aromatic nitrogens is 1. The van der Waals surface area contributed by atoms with Gasteiger partial charge in [0.2, 0.25) is 5.95 Å². The van der Waals surface area contributed by atoms with Crippen LogP contribution in [-0.4, -0.2) is 59.8 Å². The van der Waals surface area contributed by atoms with Crippen molar-refractivity contribution in [2.24, 2.45) is 15.4 Å². The Morgan fingerprint density at radius 3 is 2.76 bits per heavy atom. The SMILES string of the molecule is CN1CCN(C(C2=NN=NC2CCCC2=CCCC=C2)c2ccc(F)nc2)CC1. The van der Waals surface area contributed by atoms with E-state index in [0.717, 1.165) is 69.6 Å². The van der Waals surface area contributed by atoms with Crippen molar-refractivity contribution in [1.29, 1.82) is 0 Å². The van der Waals surface area contributed by atoms with Crippen LogP contribution in [0.15, 0.2) is 57.6 Å². The van der Waals surface area contributed by atoms with Crippen molar-refractivity contribution in [2.75, 3.05) is 33.2 Å². The van der Waals surface area contributed by atoms with E-state index in [4.69, 9.17) is 0 Å². The van der Waals surface area contributed by atoms with Crippen molar-refractivity contribution in [1.82, 2.24) is 14.8 Å². The van der Waals surface area contributed by atoms with E-state index in [9.17, 15) is 4.39 Å². The number of likely N-dealkylation sites (N-methyl/N-ethyl adjacent to an activating group) is 1. The van der Waals surface area contributed by atoms with E-state index in [1.54, 1.807) is 6.20 Å². The first-order valence-electron chi connectivity index (χ1n) is 10.6. The van der Waals surface area contributed by atoms with Gasteiger partial charge in [-0.05, 0) is 56.0 Å². The molecule has 3 heterocycles. The van der Waals surface area contributed by atoms with Crippen LogP contribution in [-0.2, 0) is 0 Å². The molecule has 0 bridgehead atoms. The van der Waals surface area contributed by atoms with Gasteiger partial charge in [0.05, 0.1) is 11.8 Å². The van der Waals surface area contributed by atoms with Crippen molar-refractivity contribution in [2.45, 2.75) is 44.2 Å². The van der Waals surface area contributed by atoms with Gasteiger partial charge in [0.25, 0.3) is 0 Å². The molecule has 1 aliphatic carbocycles. The molecule has 3 aliphatic rings. The Bertz CT molecular complexity index is 805. The fraction of sp³-hybridized carbons (Fsp3) is 0.545. The molecule has 2 unspecified atom stereocenters. The van der Waals surface area contributed by atoms with Crippen molar-refractivity contribution >= 4 is 5.71 Å². The molecule has 6 nitrogen and oxygen atoms in total. The predicted molar refractivity (Wildman–Crippen MR) is 112 cm³/mol. The van der Waals surface area contributed by atoms with Crippen molar-refractivity contribution in [3.63, 3.8) is 0 Å². The molecule has 1 aromatic rings. The Balaban J connectivity index is 1.47. The summed E-state index contributed by atoms with van der Waals surface area (Å²) in [5, 5.41) is 12.9. The van der Waals surface area contributed by atoms with Gasteiger partial charge in [-0.1, -0.05) is 29.9 Å². The molecule has 29 heavy (non-hydrogen) atoms. The van der Waals surface area contributed by atoms with E-state index in [1.165, 1.54) is 11.6 Å². The van der Waals surface area contributed by atoms with E-state index < -0.39 is 5.95 Å². The summed E-state index contributed by atoms with van der Waals surface area (Å²) in [7, 11) is 2.14. The van der Waals surface area contributed by atoms with E-state index >= 15 is 0 Å². The first-order chi connectivity index (χ1) is 14.2. The molecule has 1 aromatic heterocycles. The molecular weight excluding hydrogens is 367 g/mol. The minimum Gasteiger partial charge on any atom is -0.304 e. The van der Waals surface area contributed by atoms with Crippen LogP contribution >= 0.6 is 0 Å². The lowest BCUT2D eigenvalue weighted by atomic mass is 9.92. The molecule has 0 spiro atoms. The monoisotopic (exact) mass is 396 g/mol. The van der Waals surface area contributed by atoms with Gasteiger partial charge in [0, 0.05) is 32.4 Å². The molecule has 2 atom stereocenters. The normalized spacial score (nSPS) is 23.9. The number of halogens is 1. The fourth-order valence-electron chi connectivity index (χ4n) is 4.26. The molecule has 154 valence electrons. The summed E-state index contributed by atoms with van der Waals surface area (Å²) in [5.41, 5.74) is 3.35. The average Bonchev–Trinajstić information content (AvgIpc) is 3.20. The van der Waals surface area contributed by atoms with Crippen LogP contribution in [0.25, 0.3) is 0 Å². The molecule has 0 aromatic carbocycles. The van der Waals surface area contributed by atoms with Gasteiger partial charge in [-0.15, -0.1) is 5.10 Å². The van der Waals surface area contributed by atoms with Crippen LogP contribution in [0.3, 0.4) is 0 Å². The quantitative estimate of drug-likeness (QED) is 0.651. The molecule has 0 saturated carbocycles. The third-order valence-corrected chi connectivity index (χ3v) is 5.96. The van der Waals surface area contributed by atoms with Gasteiger partial charge < -0.3 is 4.90 Å². The molecule has 7 heteroatoms. The van der Waals surface area contributed by atoms with Crippen molar-refractivity contribution in [3.05, 3.63) is 53.6 Å². The largest absolute Gasteiger partial charge is 0.304 e. The second kappa shape index (κ2) is 9.50. The maximum atomic E-state index is 13.4. The Morgan fingerprint density at radius 2 is 2.03 bits per heavy atom. The summed E-state index contributed by atoms with van der Waals surface area (Å²) in [6.45, 7) is 3.86. The van der Waals surface area contributed by atoms with Crippen LogP contribution in [0.4, 0.5) is 4.39 Å². The van der Waals surface area contributed by atoms with E-state index in [0.29, 0.717) is 0 Å². The lowest BCUT2D eigenvalue weighted by molar-refractivity contribution is 0.135. The lowest BCUT2D eigenvalue weighted by Crippen LogP contribution is -2.49. The topological polar surface area (TPSA) is 56.5 Å². The second-order valence-corrected chi connectivity index (χ2v) is 8.05. The molecule has 0 amide bonds. The lowest BCUT2D eigenvalue weighted by Gasteiger charge is -2.38. The Kier molecular flexibility index (Phi) is 6.56. The highest BCUT2D eigenvalue weighted by molar-refractivity contribution is 5.95. The summed E-state index contributed by atoms with van der Waals surface area (Å²) in [6.07, 6.45) is 13.8. The van der Waals surface area contributed by atoms with Gasteiger partial charge in [0.1, 0.15) is 6.04 Å². The maximum absolute atomic E-state index is 13.4. The summed E-state index contributed by atoms with van der Waals surface area (Å²) in [6, 6.07) is 3.18. The van der Waals surface area contributed by atoms with Crippen LogP contribution in [0.5, 0.6) is 0 Å². The van der Waals surface area contributed by atoms with E-state index in [-0.39, 0.29) is 12.1 Å². The summed E-state index contributed by atoms with van der Waals surface area (Å²) < 4.78 is 13.4. The maximum Gasteiger partial charge on any atom is 0.212 e. The van der Waals surface area contributed by atoms with Gasteiger partial charge >= 0.3 is 0 Å². The van der Waals surface area contributed by atoms with Gasteiger partial charge in [0.15, 0.2) is 0 Å². The minimum atomic E-state index is -0.459. The highest BCUT2D eigenvalue weighted by Gasteiger charge is 2.34. The highest BCUT2D eigenvalue weighted by Crippen LogP contribution is 2.30. The molecular formula is C22H29FN6. The van der Waals surface area contributed by atoms with Crippen LogP contribution in [0.1, 0.15) is 43.7 Å². The number of pyridine rings is 1. The number of allylic oxidation sites excluding steroid dienone is 4. The summed E-state index contributed by atoms with van der Waals surface area (Å²) >= 11 is 0. The third-order valence-electron chi connectivity index (χ3n) is 5.96. The zero-order valence-corrected chi connectivity index (χ0v) is 17.0. The smallest absolute Gasteiger partial charge is 0.212 e. The number of piperazine rings is 1. The van der Waals surface area contributed by atoms with Gasteiger partial charge in [-0.25, -0.2) is 4.98 Å². The van der Waals surface area contributed by atoms with Crippen LogP contribution in [0.2, 0.25) is 0 Å².